The second kappa shape index (κ2) is 10.0. The van der Waals surface area contributed by atoms with Gasteiger partial charge in [-0.2, -0.15) is 0 Å². The number of esters is 1. The molecule has 126 valence electrons. The van der Waals surface area contributed by atoms with E-state index in [1.165, 1.54) is 5.56 Å². The van der Waals surface area contributed by atoms with Crippen LogP contribution >= 0.6 is 24.8 Å². The highest BCUT2D eigenvalue weighted by Gasteiger charge is 2.41. The SMILES string of the molecule is CCOC(=O)C1(NN)CCN(Cc2ccccc2)CC1.Cl.Cl. The maximum absolute atomic E-state index is 12.0. The van der Waals surface area contributed by atoms with Gasteiger partial charge in [-0.25, -0.2) is 10.2 Å². The zero-order valence-electron chi connectivity index (χ0n) is 12.8. The molecule has 0 atom stereocenters. The fourth-order valence-electron chi connectivity index (χ4n) is 2.61. The molecule has 0 aromatic heterocycles. The van der Waals surface area contributed by atoms with Gasteiger partial charge < -0.3 is 4.74 Å². The van der Waals surface area contributed by atoms with Gasteiger partial charge in [-0.05, 0) is 25.3 Å². The quantitative estimate of drug-likeness (QED) is 0.482. The van der Waals surface area contributed by atoms with Crippen LogP contribution in [0, 0.1) is 0 Å². The summed E-state index contributed by atoms with van der Waals surface area (Å²) in [4.78, 5) is 14.4. The first-order chi connectivity index (χ1) is 9.70. The van der Waals surface area contributed by atoms with E-state index in [9.17, 15) is 4.79 Å². The van der Waals surface area contributed by atoms with Crippen molar-refractivity contribution in [3.8, 4) is 0 Å². The molecule has 1 saturated heterocycles. The van der Waals surface area contributed by atoms with Gasteiger partial charge in [0.1, 0.15) is 5.54 Å². The van der Waals surface area contributed by atoms with E-state index in [-0.39, 0.29) is 30.8 Å². The Hall–Kier alpha value is -0.850. The molecular formula is C15H25Cl2N3O2. The number of carbonyl (C=O) groups excluding carboxylic acids is 1. The normalized spacial score (nSPS) is 17.0. The number of likely N-dealkylation sites (tertiary alicyclic amines) is 1. The molecule has 7 heteroatoms. The van der Waals surface area contributed by atoms with E-state index >= 15 is 0 Å². The summed E-state index contributed by atoms with van der Waals surface area (Å²) in [6, 6.07) is 10.3. The molecule has 0 aliphatic carbocycles. The van der Waals surface area contributed by atoms with Crippen LogP contribution in [0.15, 0.2) is 30.3 Å². The standard InChI is InChI=1S/C15H23N3O2.2ClH/c1-2-20-14(19)15(17-16)8-10-18(11-9-15)12-13-6-4-3-5-7-13;;/h3-7,17H,2,8-12,16H2,1H3;2*1H. The Morgan fingerprint density at radius 3 is 2.36 bits per heavy atom. The van der Waals surface area contributed by atoms with Crippen molar-refractivity contribution in [3.63, 3.8) is 0 Å². The number of piperidine rings is 1. The van der Waals surface area contributed by atoms with Gasteiger partial charge in [0.25, 0.3) is 0 Å². The number of carbonyl (C=O) groups is 1. The lowest BCUT2D eigenvalue weighted by atomic mass is 9.88. The number of benzene rings is 1. The number of hydrogen-bond donors (Lipinski definition) is 2. The van der Waals surface area contributed by atoms with E-state index in [2.05, 4.69) is 22.5 Å². The molecule has 1 aliphatic heterocycles. The third kappa shape index (κ3) is 5.11. The Morgan fingerprint density at radius 1 is 1.27 bits per heavy atom. The van der Waals surface area contributed by atoms with Crippen LogP contribution < -0.4 is 11.3 Å². The average molecular weight is 350 g/mol. The first-order valence-corrected chi connectivity index (χ1v) is 7.11. The van der Waals surface area contributed by atoms with Crippen molar-refractivity contribution in [2.75, 3.05) is 19.7 Å². The zero-order valence-corrected chi connectivity index (χ0v) is 14.4. The number of hydrazine groups is 1. The predicted octanol–water partition coefficient (Wildman–Crippen LogP) is 1.89. The Labute approximate surface area is 144 Å². The van der Waals surface area contributed by atoms with Gasteiger partial charge in [0, 0.05) is 19.6 Å². The van der Waals surface area contributed by atoms with Gasteiger partial charge in [-0.3, -0.25) is 10.7 Å². The fourth-order valence-corrected chi connectivity index (χ4v) is 2.61. The summed E-state index contributed by atoms with van der Waals surface area (Å²) < 4.78 is 5.13. The monoisotopic (exact) mass is 349 g/mol. The van der Waals surface area contributed by atoms with Gasteiger partial charge in [-0.1, -0.05) is 30.3 Å². The molecule has 0 saturated carbocycles. The summed E-state index contributed by atoms with van der Waals surface area (Å²) in [5.41, 5.74) is 3.25. The molecule has 1 aromatic carbocycles. The minimum Gasteiger partial charge on any atom is -0.465 e. The molecule has 5 nitrogen and oxygen atoms in total. The smallest absolute Gasteiger partial charge is 0.327 e. The first kappa shape index (κ1) is 21.1. The van der Waals surface area contributed by atoms with Crippen LogP contribution in [-0.4, -0.2) is 36.1 Å². The molecule has 1 aliphatic rings. The molecule has 0 spiro atoms. The molecule has 0 unspecified atom stereocenters. The Bertz CT molecular complexity index is 438. The lowest BCUT2D eigenvalue weighted by Crippen LogP contribution is -2.61. The number of nitrogens with zero attached hydrogens (tertiary/aromatic N) is 1. The van der Waals surface area contributed by atoms with E-state index in [0.29, 0.717) is 19.4 Å². The Kier molecular flexibility index (Phi) is 9.64. The molecule has 0 radical (unpaired) electrons. The number of rotatable bonds is 5. The summed E-state index contributed by atoms with van der Waals surface area (Å²) in [6.07, 6.45) is 1.35. The maximum Gasteiger partial charge on any atom is 0.327 e. The lowest BCUT2D eigenvalue weighted by molar-refractivity contribution is -0.153. The van der Waals surface area contributed by atoms with Crippen molar-refractivity contribution in [2.24, 2.45) is 5.84 Å². The van der Waals surface area contributed by atoms with Crippen LogP contribution in [0.2, 0.25) is 0 Å². The maximum atomic E-state index is 12.0. The molecule has 0 bridgehead atoms. The van der Waals surface area contributed by atoms with Crippen LogP contribution in [0.1, 0.15) is 25.3 Å². The highest BCUT2D eigenvalue weighted by atomic mass is 35.5. The van der Waals surface area contributed by atoms with E-state index in [1.54, 1.807) is 0 Å². The summed E-state index contributed by atoms with van der Waals surface area (Å²) in [5.74, 6) is 5.36. The largest absolute Gasteiger partial charge is 0.465 e. The number of hydrogen-bond acceptors (Lipinski definition) is 5. The predicted molar refractivity (Wildman–Crippen MR) is 92.1 cm³/mol. The first-order valence-electron chi connectivity index (χ1n) is 7.11. The van der Waals surface area contributed by atoms with E-state index in [4.69, 9.17) is 10.6 Å². The third-order valence-electron chi connectivity index (χ3n) is 3.90. The molecule has 1 fully saturated rings. The summed E-state index contributed by atoms with van der Waals surface area (Å²) in [6.45, 7) is 4.77. The second-order valence-corrected chi connectivity index (χ2v) is 5.21. The zero-order chi connectivity index (χ0) is 14.4. The van der Waals surface area contributed by atoms with Crippen molar-refractivity contribution >= 4 is 30.8 Å². The molecule has 2 rings (SSSR count). The minimum atomic E-state index is -0.719. The molecule has 1 heterocycles. The average Bonchev–Trinajstić information content (AvgIpc) is 2.49. The van der Waals surface area contributed by atoms with Crippen LogP contribution in [0.25, 0.3) is 0 Å². The fraction of sp³-hybridized carbons (Fsp3) is 0.533. The topological polar surface area (TPSA) is 67.6 Å². The third-order valence-corrected chi connectivity index (χ3v) is 3.90. The molecule has 0 amide bonds. The van der Waals surface area contributed by atoms with Crippen LogP contribution in [0.4, 0.5) is 0 Å². The van der Waals surface area contributed by atoms with Crippen molar-refractivity contribution in [2.45, 2.75) is 31.8 Å². The molecule has 22 heavy (non-hydrogen) atoms. The van der Waals surface area contributed by atoms with Crippen LogP contribution in [0.3, 0.4) is 0 Å². The van der Waals surface area contributed by atoms with Crippen molar-refractivity contribution in [3.05, 3.63) is 35.9 Å². The van der Waals surface area contributed by atoms with Gasteiger partial charge in [0.2, 0.25) is 0 Å². The van der Waals surface area contributed by atoms with Crippen molar-refractivity contribution < 1.29 is 9.53 Å². The molecule has 1 aromatic rings. The molecule has 3 N–H and O–H groups in total. The Morgan fingerprint density at radius 2 is 1.86 bits per heavy atom. The van der Waals surface area contributed by atoms with Gasteiger partial charge in [0.05, 0.1) is 6.61 Å². The number of nitrogens with two attached hydrogens (primary N) is 1. The summed E-state index contributed by atoms with van der Waals surface area (Å²) >= 11 is 0. The number of ether oxygens (including phenoxy) is 1. The Balaban J connectivity index is 0.00000220. The number of halogens is 2. The van der Waals surface area contributed by atoms with Crippen molar-refractivity contribution in [1.29, 1.82) is 0 Å². The van der Waals surface area contributed by atoms with Gasteiger partial charge >= 0.3 is 5.97 Å². The highest BCUT2D eigenvalue weighted by Crippen LogP contribution is 2.24. The minimum absolute atomic E-state index is 0. The highest BCUT2D eigenvalue weighted by molar-refractivity contribution is 5.85. The lowest BCUT2D eigenvalue weighted by Gasteiger charge is -2.39. The van der Waals surface area contributed by atoms with Gasteiger partial charge in [-0.15, -0.1) is 24.8 Å². The summed E-state index contributed by atoms with van der Waals surface area (Å²) in [5, 5.41) is 0. The van der Waals surface area contributed by atoms with E-state index in [0.717, 1.165) is 19.6 Å². The van der Waals surface area contributed by atoms with Crippen LogP contribution in [-0.2, 0) is 16.1 Å². The number of nitrogens with one attached hydrogen (secondary N) is 1. The van der Waals surface area contributed by atoms with E-state index in [1.807, 2.05) is 25.1 Å². The second-order valence-electron chi connectivity index (χ2n) is 5.21. The van der Waals surface area contributed by atoms with Crippen molar-refractivity contribution in [1.82, 2.24) is 10.3 Å². The van der Waals surface area contributed by atoms with Crippen LogP contribution in [0.5, 0.6) is 0 Å². The van der Waals surface area contributed by atoms with Gasteiger partial charge in [0.15, 0.2) is 0 Å². The molecular weight excluding hydrogens is 325 g/mol. The summed E-state index contributed by atoms with van der Waals surface area (Å²) in [7, 11) is 0. The van der Waals surface area contributed by atoms with E-state index < -0.39 is 5.54 Å².